The van der Waals surface area contributed by atoms with E-state index in [4.69, 9.17) is 104 Å². The van der Waals surface area contributed by atoms with Gasteiger partial charge in [-0.25, -0.2) is 8.78 Å². The average molecular weight is 2020 g/mol. The number of amides is 5. The van der Waals surface area contributed by atoms with Crippen LogP contribution in [0.2, 0.25) is 0 Å². The Morgan fingerprint density at radius 3 is 1.07 bits per heavy atom. The molecule has 49 unspecified atom stereocenters. The largest absolute Gasteiger partial charge is 0.410 e. The molecule has 10 heterocycles. The molecule has 0 radical (unpaired) electrons. The minimum atomic E-state index is -2.92. The number of methoxy groups -OCH3 is 1. The second kappa shape index (κ2) is 50.4. The molecule has 0 spiro atoms. The van der Waals surface area contributed by atoms with Crippen LogP contribution in [0.5, 0.6) is 0 Å². The Labute approximate surface area is 780 Å². The van der Waals surface area contributed by atoms with Gasteiger partial charge in [0, 0.05) is 48.1 Å². The summed E-state index contributed by atoms with van der Waals surface area (Å²) in [5, 5.41) is 293. The Balaban J connectivity index is 0.907. The summed E-state index contributed by atoms with van der Waals surface area (Å²) in [7, 11) is 1.09. The van der Waals surface area contributed by atoms with Crippen LogP contribution in [0.15, 0.2) is 0 Å². The predicted molar refractivity (Wildman–Crippen MR) is 422 cm³/mol. The lowest BCUT2D eigenvalue weighted by Gasteiger charge is -2.51. The number of alkyl halides is 2. The van der Waals surface area contributed by atoms with E-state index in [9.17, 15) is 161 Å². The van der Waals surface area contributed by atoms with Crippen LogP contribution in [-0.2, 0) is 138 Å². The smallest absolute Gasteiger partial charge is 0.332 e. The van der Waals surface area contributed by atoms with Gasteiger partial charge in [0.1, 0.15) is 207 Å². The molecule has 0 saturated carbocycles. The van der Waals surface area contributed by atoms with Crippen LogP contribution in [0.25, 0.3) is 0 Å². The molecule has 59 nitrogen and oxygen atoms in total. The molecule has 5 amide bonds. The van der Waals surface area contributed by atoms with Gasteiger partial charge in [-0.1, -0.05) is 0 Å². The van der Waals surface area contributed by atoms with E-state index < -0.39 is 427 Å². The summed E-state index contributed by atoms with van der Waals surface area (Å²) in [6, 6.07) is -9.08. The molecule has 10 fully saturated rings. The van der Waals surface area contributed by atoms with Crippen LogP contribution in [0.3, 0.4) is 0 Å². The topological polar surface area (TPSA) is 888 Å². The van der Waals surface area contributed by atoms with Crippen molar-refractivity contribution in [3.8, 4) is 0 Å². The highest BCUT2D eigenvalue weighted by Crippen LogP contribution is 2.43. The Kier molecular flexibility index (Phi) is 41.8. The van der Waals surface area contributed by atoms with Crippen molar-refractivity contribution in [3.63, 3.8) is 0 Å². The van der Waals surface area contributed by atoms with Crippen molar-refractivity contribution in [3.05, 3.63) is 0 Å². The third-order valence-electron chi connectivity index (χ3n) is 24.5. The number of nitrogens with one attached hydrogen (secondary N) is 5. The van der Waals surface area contributed by atoms with Crippen molar-refractivity contribution < 1.29 is 274 Å². The quantitative estimate of drug-likeness (QED) is 0.0199. The fourth-order valence-corrected chi connectivity index (χ4v) is 17.5. The lowest BCUT2D eigenvalue weighted by molar-refractivity contribution is -0.418. The van der Waals surface area contributed by atoms with Gasteiger partial charge in [0.25, 0.3) is 12.9 Å². The summed E-state index contributed by atoms with van der Waals surface area (Å²) < 4.78 is 160. The van der Waals surface area contributed by atoms with Gasteiger partial charge in [-0.2, -0.15) is 0 Å². The van der Waals surface area contributed by atoms with Crippen LogP contribution in [0, 0.1) is 0 Å². The van der Waals surface area contributed by atoms with Gasteiger partial charge in [0.05, 0.1) is 109 Å². The Hall–Kier alpha value is -5.65. The first kappa shape index (κ1) is 114. The molecule has 10 aliphatic rings. The number of hydrogen-bond acceptors (Lipinski definition) is 54. The van der Waals surface area contributed by atoms with E-state index >= 15 is 8.78 Å². The maximum atomic E-state index is 15.8. The van der Waals surface area contributed by atoms with Crippen LogP contribution < -0.4 is 26.6 Å². The van der Waals surface area contributed by atoms with E-state index in [1.165, 1.54) is 0 Å². The molecule has 10 saturated heterocycles. The summed E-state index contributed by atoms with van der Waals surface area (Å²) in [4.78, 5) is 87.2. The summed E-state index contributed by atoms with van der Waals surface area (Å²) in [5.74, 6) is -10.3. The van der Waals surface area contributed by atoms with Crippen LogP contribution in [0.4, 0.5) is 8.78 Å². The first-order chi connectivity index (χ1) is 65.2. The second-order valence-electron chi connectivity index (χ2n) is 34.3. The van der Waals surface area contributed by atoms with Gasteiger partial charge < -0.3 is 258 Å². The molecule has 138 heavy (non-hydrogen) atoms. The molecule has 0 aliphatic carbocycles. The summed E-state index contributed by atoms with van der Waals surface area (Å²) in [6.07, 6.45) is -98.3. The van der Waals surface area contributed by atoms with Crippen molar-refractivity contribution in [1.29, 1.82) is 0 Å². The van der Waals surface area contributed by atoms with Gasteiger partial charge in [0.15, 0.2) is 62.7 Å². The zero-order valence-corrected chi connectivity index (χ0v) is 74.4. The fraction of sp³-hybridized carbons (Fsp3) is 0.909. The molecule has 0 aromatic carbocycles. The molecular weight excluding hydrogens is 1900 g/mol. The van der Waals surface area contributed by atoms with Crippen molar-refractivity contribution in [2.75, 3.05) is 73.2 Å². The number of aliphatic hydroxyl groups is 25. The molecule has 0 aromatic rings. The van der Waals surface area contributed by atoms with Gasteiger partial charge in [-0.05, 0) is 0 Å². The standard InChI is InChI=1S/C77H125F2N5O54/c1-22(94)80-43-29(101)8-76(121-20-92,137-63(43)41(78)31(103)10-85)119-18-38-27(99)7-28(100)68(128-38)131-60-36(15-90)126-70(46(53(60)110)83-25(4)97)135-66-56(113)48(105)33(12-87)123-74(66)118-17-39-51(108)65(59(116)73(129-39)133-61-35(14-89)125-69(117-6)45(52(61)109)82-24(3)96)134-75-67(57(114)49(106)34(13-88)124-75)136-71-47(84-26(5)98)54(111)62(37(16-91)127-71)132-72-58(115)55(112)50(107)40(130-72)19-120-77(122-21-93)9-30(102)44(81-23(2)95)64(138-77)42(79)32(104)11-86/h20-21,27-75,85-91,99-116H,7-19H2,1-6H3,(H,80,94)(H,81,95)(H,82,96)(H,83,97)(H,84,98)/t27?,28?,29?,30?,31?,32?,33?,34?,35?,36?,37?,38?,39?,40?,41-,42-,43?,44?,45?,46?,47?,48?,49?,50?,51?,52?,53?,54?,55?,56?,57?,58?,59?,60?,61?,62?,63?,64?,65?,66?,67?,68?,69?,70?,71?,72?,73?,74?,75?,76?,77?/m1/s1. The zero-order chi connectivity index (χ0) is 102. The van der Waals surface area contributed by atoms with Gasteiger partial charge >= 0.3 is 11.9 Å². The molecule has 61 heteroatoms. The van der Waals surface area contributed by atoms with Crippen molar-refractivity contribution in [2.24, 2.45) is 0 Å². The minimum Gasteiger partial charge on any atom is -0.410 e. The van der Waals surface area contributed by atoms with Crippen molar-refractivity contribution in [1.82, 2.24) is 26.6 Å². The molecule has 796 valence electrons. The lowest BCUT2D eigenvalue weighted by Crippen LogP contribution is -2.70. The Bertz CT molecular complexity index is 3850. The highest BCUT2D eigenvalue weighted by Gasteiger charge is 2.63. The number of aliphatic hydroxyl groups excluding tert-OH is 25. The van der Waals surface area contributed by atoms with E-state index in [1.54, 1.807) is 0 Å². The molecule has 51 atom stereocenters. The molecule has 0 bridgehead atoms. The Morgan fingerprint density at radius 2 is 0.667 bits per heavy atom. The van der Waals surface area contributed by atoms with Crippen LogP contribution in [0.1, 0.15) is 53.9 Å². The maximum Gasteiger partial charge on any atom is 0.332 e. The van der Waals surface area contributed by atoms with Gasteiger partial charge in [0.2, 0.25) is 29.5 Å². The minimum absolute atomic E-state index is 0.256. The fourth-order valence-electron chi connectivity index (χ4n) is 17.5. The summed E-state index contributed by atoms with van der Waals surface area (Å²) in [5.41, 5.74) is 0. The summed E-state index contributed by atoms with van der Waals surface area (Å²) >= 11 is 0. The van der Waals surface area contributed by atoms with Crippen molar-refractivity contribution >= 4 is 42.5 Å². The van der Waals surface area contributed by atoms with E-state index in [0.717, 1.165) is 41.7 Å². The Morgan fingerprint density at radius 1 is 0.341 bits per heavy atom. The highest BCUT2D eigenvalue weighted by atomic mass is 19.1. The number of rotatable bonds is 42. The van der Waals surface area contributed by atoms with E-state index in [2.05, 4.69) is 26.6 Å². The second-order valence-corrected chi connectivity index (χ2v) is 34.3. The average Bonchev–Trinajstić information content (AvgIpc) is 0.804. The van der Waals surface area contributed by atoms with Crippen molar-refractivity contribution in [2.45, 2.75) is 366 Å². The molecule has 0 aromatic heterocycles. The van der Waals surface area contributed by atoms with Gasteiger partial charge in [-0.3, -0.25) is 33.6 Å². The van der Waals surface area contributed by atoms with Crippen LogP contribution in [-0.4, -0.2) is 556 Å². The van der Waals surface area contributed by atoms with E-state index in [1.807, 2.05) is 0 Å². The molecule has 10 aliphatic heterocycles. The van der Waals surface area contributed by atoms with E-state index in [-0.39, 0.29) is 12.9 Å². The molecule has 10 rings (SSSR count). The number of halogens is 2. The van der Waals surface area contributed by atoms with E-state index in [0.29, 0.717) is 0 Å². The number of ether oxygens (including phenoxy) is 22. The monoisotopic (exact) mass is 2020 g/mol. The third kappa shape index (κ3) is 26.4. The SMILES string of the molecule is COC1OC(CO)C(OC2OC(COC3OC(CO)C(O)C(O)C3OC3OC(CO)C(OC4OC(COC5(OC=O)CC(O)C(NC(C)=O)C([C@H](F)C(O)CO)O5)C(O)CC4O)C(O)C3NC(C)=O)C(O)C(OC3OC(CO)C(O)C(O)C3OC3OC(CO)C(OC4OC(COC5(OC=O)CC(O)C(NC(C)=O)C([C@H](F)C(O)CO)O5)C(O)C(O)C4O)C(O)C3NC(C)=O)C2O)C(O)C1NC(C)=O. The first-order valence-electron chi connectivity index (χ1n) is 43.6. The normalized spacial score (nSPS) is 45.6. The maximum absolute atomic E-state index is 15.8. The molecular formula is C77H125F2N5O54. The first-order valence-corrected chi connectivity index (χ1v) is 43.6. The number of carbonyl (C=O) groups excluding carboxylic acids is 7. The molecule has 30 N–H and O–H groups in total. The lowest BCUT2D eigenvalue weighted by atomic mass is 9.92. The predicted octanol–water partition coefficient (Wildman–Crippen LogP) is -19.9. The van der Waals surface area contributed by atoms with Gasteiger partial charge in [-0.15, -0.1) is 0 Å². The highest BCUT2D eigenvalue weighted by molar-refractivity contribution is 5.75. The third-order valence-corrected chi connectivity index (χ3v) is 24.5. The zero-order valence-electron chi connectivity index (χ0n) is 74.4. The summed E-state index contributed by atoms with van der Waals surface area (Å²) in [6.45, 7) is -7.55. The number of hydrogen-bond donors (Lipinski definition) is 30. The van der Waals surface area contributed by atoms with Crippen LogP contribution >= 0.6 is 0 Å². The number of carbonyl (C=O) groups is 7.